The average molecular weight is 323 g/mol. The van der Waals surface area contributed by atoms with E-state index in [1.165, 1.54) is 0 Å². The molecular formula is C17H16Cl2O2. The minimum Gasteiger partial charge on any atom is -0.489 e. The molecule has 110 valence electrons. The molecule has 0 spiro atoms. The van der Waals surface area contributed by atoms with E-state index < -0.39 is 0 Å². The summed E-state index contributed by atoms with van der Waals surface area (Å²) < 4.78 is 5.92. The van der Waals surface area contributed by atoms with Gasteiger partial charge in [-0.2, -0.15) is 0 Å². The zero-order valence-corrected chi connectivity index (χ0v) is 13.0. The zero-order chi connectivity index (χ0) is 14.8. The molecule has 21 heavy (non-hydrogen) atoms. The standard InChI is InChI=1S/C17H16Cl2O2/c18-12-7-8-15(19)11(9-12)10-21-17-6-2-3-13-14(17)4-1-5-16(13)20/h2-3,6-9,16,20H,1,4-5,10H2. The van der Waals surface area contributed by atoms with Crippen molar-refractivity contribution in [3.63, 3.8) is 0 Å². The maximum absolute atomic E-state index is 10.1. The summed E-state index contributed by atoms with van der Waals surface area (Å²) in [5.74, 6) is 0.822. The van der Waals surface area contributed by atoms with Gasteiger partial charge in [0.1, 0.15) is 12.4 Å². The largest absolute Gasteiger partial charge is 0.489 e. The third-order valence-electron chi connectivity index (χ3n) is 3.82. The molecule has 4 heteroatoms. The van der Waals surface area contributed by atoms with Gasteiger partial charge in [-0.15, -0.1) is 0 Å². The van der Waals surface area contributed by atoms with Crippen LogP contribution in [0.5, 0.6) is 5.75 Å². The first-order valence-electron chi connectivity index (χ1n) is 7.02. The van der Waals surface area contributed by atoms with Crippen molar-refractivity contribution in [1.29, 1.82) is 0 Å². The van der Waals surface area contributed by atoms with Crippen LogP contribution in [0.25, 0.3) is 0 Å². The van der Waals surface area contributed by atoms with Gasteiger partial charge in [0.15, 0.2) is 0 Å². The van der Waals surface area contributed by atoms with Crippen molar-refractivity contribution in [2.24, 2.45) is 0 Å². The van der Waals surface area contributed by atoms with Crippen molar-refractivity contribution in [3.8, 4) is 5.75 Å². The molecule has 0 radical (unpaired) electrons. The fourth-order valence-electron chi connectivity index (χ4n) is 2.73. The predicted octanol–water partition coefficient (Wildman–Crippen LogP) is 4.94. The van der Waals surface area contributed by atoms with Crippen LogP contribution in [0.3, 0.4) is 0 Å². The Morgan fingerprint density at radius 3 is 2.90 bits per heavy atom. The van der Waals surface area contributed by atoms with Crippen LogP contribution in [0.4, 0.5) is 0 Å². The molecule has 0 saturated heterocycles. The highest BCUT2D eigenvalue weighted by Crippen LogP contribution is 2.35. The van der Waals surface area contributed by atoms with Crippen LogP contribution in [0, 0.1) is 0 Å². The number of hydrogen-bond donors (Lipinski definition) is 1. The van der Waals surface area contributed by atoms with Gasteiger partial charge in [0, 0.05) is 15.6 Å². The van der Waals surface area contributed by atoms with Gasteiger partial charge < -0.3 is 9.84 Å². The van der Waals surface area contributed by atoms with E-state index in [-0.39, 0.29) is 6.10 Å². The smallest absolute Gasteiger partial charge is 0.123 e. The van der Waals surface area contributed by atoms with Crippen LogP contribution >= 0.6 is 23.2 Å². The highest BCUT2D eigenvalue weighted by atomic mass is 35.5. The van der Waals surface area contributed by atoms with E-state index in [0.29, 0.717) is 16.7 Å². The van der Waals surface area contributed by atoms with Crippen LogP contribution in [0.2, 0.25) is 10.0 Å². The molecule has 1 aliphatic carbocycles. The van der Waals surface area contributed by atoms with E-state index in [1.54, 1.807) is 12.1 Å². The van der Waals surface area contributed by atoms with Gasteiger partial charge in [-0.05, 0) is 54.7 Å². The first-order valence-corrected chi connectivity index (χ1v) is 7.77. The Morgan fingerprint density at radius 2 is 2.05 bits per heavy atom. The van der Waals surface area contributed by atoms with Crippen molar-refractivity contribution in [1.82, 2.24) is 0 Å². The van der Waals surface area contributed by atoms with E-state index in [2.05, 4.69) is 0 Å². The van der Waals surface area contributed by atoms with Gasteiger partial charge in [-0.25, -0.2) is 0 Å². The van der Waals surface area contributed by atoms with E-state index in [9.17, 15) is 5.11 Å². The van der Waals surface area contributed by atoms with Crippen LogP contribution in [0.15, 0.2) is 36.4 Å². The summed E-state index contributed by atoms with van der Waals surface area (Å²) in [6.07, 6.45) is 2.35. The Hall–Kier alpha value is -1.22. The molecule has 2 aromatic carbocycles. The van der Waals surface area contributed by atoms with Crippen LogP contribution in [-0.4, -0.2) is 5.11 Å². The van der Waals surface area contributed by atoms with Crippen molar-refractivity contribution in [2.45, 2.75) is 32.0 Å². The molecule has 2 nitrogen and oxygen atoms in total. The number of aliphatic hydroxyl groups excluding tert-OH is 1. The molecule has 1 unspecified atom stereocenters. The Kier molecular flexibility index (Phi) is 4.39. The molecule has 0 fully saturated rings. The van der Waals surface area contributed by atoms with Crippen molar-refractivity contribution >= 4 is 23.2 Å². The molecule has 0 aromatic heterocycles. The molecule has 3 rings (SSSR count). The Morgan fingerprint density at radius 1 is 1.19 bits per heavy atom. The second-order valence-electron chi connectivity index (χ2n) is 5.26. The third kappa shape index (κ3) is 3.18. The fraction of sp³-hybridized carbons (Fsp3) is 0.294. The van der Waals surface area contributed by atoms with E-state index in [0.717, 1.165) is 41.7 Å². The molecule has 0 bridgehead atoms. The highest BCUT2D eigenvalue weighted by Gasteiger charge is 2.20. The molecular weight excluding hydrogens is 307 g/mol. The predicted molar refractivity (Wildman–Crippen MR) is 85.1 cm³/mol. The lowest BCUT2D eigenvalue weighted by molar-refractivity contribution is 0.155. The van der Waals surface area contributed by atoms with Crippen LogP contribution in [-0.2, 0) is 13.0 Å². The summed E-state index contributed by atoms with van der Waals surface area (Å²) in [6, 6.07) is 11.2. The van der Waals surface area contributed by atoms with E-state index in [1.807, 2.05) is 24.3 Å². The molecule has 0 aliphatic heterocycles. The molecule has 1 aliphatic rings. The van der Waals surface area contributed by atoms with Crippen LogP contribution in [0.1, 0.15) is 35.6 Å². The molecule has 0 heterocycles. The number of rotatable bonds is 3. The number of aliphatic hydroxyl groups is 1. The molecule has 1 atom stereocenters. The fourth-order valence-corrected chi connectivity index (χ4v) is 3.10. The van der Waals surface area contributed by atoms with Crippen molar-refractivity contribution < 1.29 is 9.84 Å². The minimum atomic E-state index is -0.382. The lowest BCUT2D eigenvalue weighted by Gasteiger charge is -2.23. The lowest BCUT2D eigenvalue weighted by Crippen LogP contribution is -2.11. The molecule has 1 N–H and O–H groups in total. The molecule has 0 saturated carbocycles. The van der Waals surface area contributed by atoms with Crippen LogP contribution < -0.4 is 4.74 Å². The maximum Gasteiger partial charge on any atom is 0.123 e. The number of benzene rings is 2. The van der Waals surface area contributed by atoms with Gasteiger partial charge in [-0.1, -0.05) is 35.3 Å². The van der Waals surface area contributed by atoms with Crippen molar-refractivity contribution in [2.75, 3.05) is 0 Å². The monoisotopic (exact) mass is 322 g/mol. The Bertz CT molecular complexity index is 655. The van der Waals surface area contributed by atoms with Gasteiger partial charge in [-0.3, -0.25) is 0 Å². The van der Waals surface area contributed by atoms with Gasteiger partial charge in [0.25, 0.3) is 0 Å². The summed E-state index contributed by atoms with van der Waals surface area (Å²) in [7, 11) is 0. The summed E-state index contributed by atoms with van der Waals surface area (Å²) in [6.45, 7) is 0.367. The molecule has 2 aromatic rings. The third-order valence-corrected chi connectivity index (χ3v) is 4.43. The normalized spacial score (nSPS) is 17.4. The van der Waals surface area contributed by atoms with E-state index in [4.69, 9.17) is 27.9 Å². The number of hydrogen-bond acceptors (Lipinski definition) is 2. The summed E-state index contributed by atoms with van der Waals surface area (Å²) >= 11 is 12.1. The molecule has 0 amide bonds. The SMILES string of the molecule is OC1CCCc2c(OCc3cc(Cl)ccc3Cl)cccc21. The van der Waals surface area contributed by atoms with E-state index >= 15 is 0 Å². The second kappa shape index (κ2) is 6.27. The maximum atomic E-state index is 10.1. The van der Waals surface area contributed by atoms with Crippen molar-refractivity contribution in [3.05, 3.63) is 63.1 Å². The first kappa shape index (κ1) is 14.7. The lowest BCUT2D eigenvalue weighted by atomic mass is 9.89. The quantitative estimate of drug-likeness (QED) is 0.867. The number of fused-ring (bicyclic) bond motifs is 1. The second-order valence-corrected chi connectivity index (χ2v) is 6.10. The van der Waals surface area contributed by atoms with Gasteiger partial charge >= 0.3 is 0 Å². The summed E-state index contributed by atoms with van der Waals surface area (Å²) in [5.41, 5.74) is 2.95. The summed E-state index contributed by atoms with van der Waals surface area (Å²) in [4.78, 5) is 0. The number of halogens is 2. The average Bonchev–Trinajstić information content (AvgIpc) is 2.49. The topological polar surface area (TPSA) is 29.5 Å². The van der Waals surface area contributed by atoms with Gasteiger partial charge in [0.2, 0.25) is 0 Å². The van der Waals surface area contributed by atoms with Gasteiger partial charge in [0.05, 0.1) is 6.10 Å². The minimum absolute atomic E-state index is 0.367. The highest BCUT2D eigenvalue weighted by molar-refractivity contribution is 6.33. The Balaban J connectivity index is 1.83. The zero-order valence-electron chi connectivity index (χ0n) is 11.5. The first-order chi connectivity index (χ1) is 10.1. The number of ether oxygens (including phenoxy) is 1. The summed E-state index contributed by atoms with van der Waals surface area (Å²) in [5, 5.41) is 11.3. The Labute approximate surface area is 134 Å².